The maximum absolute atomic E-state index is 12.6. The molecule has 5 heteroatoms. The smallest absolute Gasteiger partial charge is 0.220 e. The summed E-state index contributed by atoms with van der Waals surface area (Å²) in [5.41, 5.74) is 8.83. The van der Waals surface area contributed by atoms with Gasteiger partial charge in [0, 0.05) is 25.1 Å². The zero-order valence-electron chi connectivity index (χ0n) is 15.5. The van der Waals surface area contributed by atoms with Crippen LogP contribution in [0.15, 0.2) is 54.6 Å². The van der Waals surface area contributed by atoms with Crippen molar-refractivity contribution in [2.75, 3.05) is 6.54 Å². The van der Waals surface area contributed by atoms with Gasteiger partial charge in [0.1, 0.15) is 5.82 Å². The molecule has 3 N–H and O–H groups in total. The number of aryl methyl sites for hydroxylation is 1. The lowest BCUT2D eigenvalue weighted by Crippen LogP contribution is -2.51. The number of amides is 1. The molecule has 3 aromatic rings. The quantitative estimate of drug-likeness (QED) is 0.706. The molecule has 1 heterocycles. The van der Waals surface area contributed by atoms with Crippen LogP contribution in [0, 0.1) is 0 Å². The number of nitrogens with one attached hydrogen (secondary N) is 1. The average Bonchev–Trinajstić information content (AvgIpc) is 3.32. The van der Waals surface area contributed by atoms with E-state index in [0.29, 0.717) is 19.4 Å². The largest absolute Gasteiger partial charge is 0.349 e. The predicted molar refractivity (Wildman–Crippen MR) is 108 cm³/mol. The normalized spacial score (nSPS) is 15.9. The Balaban J connectivity index is 1.56. The number of rotatable bonds is 6. The topological polar surface area (TPSA) is 72.9 Å². The van der Waals surface area contributed by atoms with Crippen molar-refractivity contribution in [3.8, 4) is 5.69 Å². The third-order valence-corrected chi connectivity index (χ3v) is 5.58. The molecular formula is C22H26N4O. The Bertz CT molecular complexity index is 926. The molecule has 140 valence electrons. The highest BCUT2D eigenvalue weighted by atomic mass is 16.1. The number of imidazole rings is 1. The van der Waals surface area contributed by atoms with Crippen molar-refractivity contribution in [3.05, 3.63) is 60.4 Å². The van der Waals surface area contributed by atoms with Crippen LogP contribution in [0.25, 0.3) is 16.7 Å². The fraction of sp³-hybridized carbons (Fsp3) is 0.364. The molecule has 0 aliphatic heterocycles. The summed E-state index contributed by atoms with van der Waals surface area (Å²) >= 11 is 0. The lowest BCUT2D eigenvalue weighted by atomic mass is 9.97. The van der Waals surface area contributed by atoms with E-state index in [9.17, 15) is 4.79 Å². The van der Waals surface area contributed by atoms with E-state index in [1.54, 1.807) is 0 Å². The van der Waals surface area contributed by atoms with Gasteiger partial charge in [-0.25, -0.2) is 4.98 Å². The van der Waals surface area contributed by atoms with E-state index in [1.807, 2.05) is 36.4 Å². The minimum absolute atomic E-state index is 0.0639. The summed E-state index contributed by atoms with van der Waals surface area (Å²) in [6.07, 6.45) is 5.26. The zero-order chi connectivity index (χ0) is 18.7. The van der Waals surface area contributed by atoms with E-state index >= 15 is 0 Å². The van der Waals surface area contributed by atoms with Crippen LogP contribution in [-0.4, -0.2) is 27.5 Å². The zero-order valence-corrected chi connectivity index (χ0v) is 15.5. The number of carbonyl (C=O) groups is 1. The molecule has 27 heavy (non-hydrogen) atoms. The Morgan fingerprint density at radius 3 is 2.52 bits per heavy atom. The Labute approximate surface area is 159 Å². The number of hydrogen-bond donors (Lipinski definition) is 2. The van der Waals surface area contributed by atoms with Crippen molar-refractivity contribution < 1.29 is 4.79 Å². The minimum atomic E-state index is -0.198. The highest BCUT2D eigenvalue weighted by molar-refractivity contribution is 5.79. The Morgan fingerprint density at radius 2 is 1.78 bits per heavy atom. The molecular weight excluding hydrogens is 336 g/mol. The first-order valence-electron chi connectivity index (χ1n) is 9.74. The fourth-order valence-electron chi connectivity index (χ4n) is 4.12. The van der Waals surface area contributed by atoms with Gasteiger partial charge in [0.15, 0.2) is 0 Å². The first-order chi connectivity index (χ1) is 13.2. The van der Waals surface area contributed by atoms with E-state index in [2.05, 4.69) is 28.1 Å². The molecule has 1 fully saturated rings. The maximum Gasteiger partial charge on any atom is 0.220 e. The van der Waals surface area contributed by atoms with E-state index in [0.717, 1.165) is 48.2 Å². The molecule has 1 amide bonds. The SMILES string of the molecule is NCC1(NC(=O)CCc2nc3ccccc3n2-c2ccccc2)CCCC1. The number of carbonyl (C=O) groups excluding carboxylic acids is 1. The molecule has 1 saturated carbocycles. The van der Waals surface area contributed by atoms with Crippen LogP contribution in [0.1, 0.15) is 37.9 Å². The summed E-state index contributed by atoms with van der Waals surface area (Å²) in [4.78, 5) is 17.4. The lowest BCUT2D eigenvalue weighted by Gasteiger charge is -2.28. The Hall–Kier alpha value is -2.66. The number of para-hydroxylation sites is 3. The van der Waals surface area contributed by atoms with Gasteiger partial charge in [-0.15, -0.1) is 0 Å². The van der Waals surface area contributed by atoms with E-state index in [1.165, 1.54) is 0 Å². The monoisotopic (exact) mass is 362 g/mol. The molecule has 0 saturated heterocycles. The summed E-state index contributed by atoms with van der Waals surface area (Å²) in [7, 11) is 0. The molecule has 4 rings (SSSR count). The standard InChI is InChI=1S/C22H26N4O/c23-16-22(14-6-7-15-22)25-21(27)13-12-20-24-18-10-4-5-11-19(18)26(20)17-8-2-1-3-9-17/h1-5,8-11H,6-7,12-16,23H2,(H,25,27). The van der Waals surface area contributed by atoms with Gasteiger partial charge in [0.05, 0.1) is 16.6 Å². The van der Waals surface area contributed by atoms with Crippen LogP contribution >= 0.6 is 0 Å². The average molecular weight is 362 g/mol. The second-order valence-corrected chi connectivity index (χ2v) is 7.43. The van der Waals surface area contributed by atoms with Gasteiger partial charge in [-0.2, -0.15) is 0 Å². The van der Waals surface area contributed by atoms with Crippen LogP contribution in [0.4, 0.5) is 0 Å². The van der Waals surface area contributed by atoms with E-state index < -0.39 is 0 Å². The minimum Gasteiger partial charge on any atom is -0.349 e. The number of hydrogen-bond acceptors (Lipinski definition) is 3. The number of aromatic nitrogens is 2. The van der Waals surface area contributed by atoms with E-state index in [-0.39, 0.29) is 11.4 Å². The lowest BCUT2D eigenvalue weighted by molar-refractivity contribution is -0.122. The molecule has 0 unspecified atom stereocenters. The summed E-state index contributed by atoms with van der Waals surface area (Å²) in [5.74, 6) is 0.972. The van der Waals surface area contributed by atoms with Crippen molar-refractivity contribution >= 4 is 16.9 Å². The van der Waals surface area contributed by atoms with Gasteiger partial charge in [0.25, 0.3) is 0 Å². The summed E-state index contributed by atoms with van der Waals surface area (Å²) < 4.78 is 2.15. The van der Waals surface area contributed by atoms with Gasteiger partial charge >= 0.3 is 0 Å². The Kier molecular flexibility index (Phi) is 4.94. The van der Waals surface area contributed by atoms with Gasteiger partial charge in [-0.1, -0.05) is 43.2 Å². The Morgan fingerprint density at radius 1 is 1.07 bits per heavy atom. The third kappa shape index (κ3) is 3.60. The summed E-state index contributed by atoms with van der Waals surface area (Å²) in [5, 5.41) is 3.20. The van der Waals surface area contributed by atoms with E-state index in [4.69, 9.17) is 10.7 Å². The van der Waals surface area contributed by atoms with Gasteiger partial charge in [-0.3, -0.25) is 9.36 Å². The van der Waals surface area contributed by atoms with Crippen molar-refractivity contribution in [3.63, 3.8) is 0 Å². The predicted octanol–water partition coefficient (Wildman–Crippen LogP) is 3.35. The van der Waals surface area contributed by atoms with Crippen LogP contribution in [-0.2, 0) is 11.2 Å². The first kappa shape index (κ1) is 17.7. The van der Waals surface area contributed by atoms with Crippen LogP contribution < -0.4 is 11.1 Å². The van der Waals surface area contributed by atoms with Crippen molar-refractivity contribution in [2.45, 2.75) is 44.1 Å². The number of benzene rings is 2. The van der Waals surface area contributed by atoms with Crippen molar-refractivity contribution in [1.29, 1.82) is 0 Å². The molecule has 0 bridgehead atoms. The first-order valence-corrected chi connectivity index (χ1v) is 9.74. The molecule has 2 aromatic carbocycles. The van der Waals surface area contributed by atoms with Gasteiger partial charge < -0.3 is 11.1 Å². The van der Waals surface area contributed by atoms with Crippen molar-refractivity contribution in [1.82, 2.24) is 14.9 Å². The highest BCUT2D eigenvalue weighted by Crippen LogP contribution is 2.29. The molecule has 1 aliphatic rings. The molecule has 0 spiro atoms. The van der Waals surface area contributed by atoms with Crippen LogP contribution in [0.3, 0.4) is 0 Å². The molecule has 0 radical (unpaired) electrons. The summed E-state index contributed by atoms with van der Waals surface area (Å²) in [6, 6.07) is 18.3. The second-order valence-electron chi connectivity index (χ2n) is 7.43. The number of nitrogens with two attached hydrogens (primary N) is 1. The van der Waals surface area contributed by atoms with Gasteiger partial charge in [0.2, 0.25) is 5.91 Å². The maximum atomic E-state index is 12.6. The number of nitrogens with zero attached hydrogens (tertiary/aromatic N) is 2. The summed E-state index contributed by atoms with van der Waals surface area (Å²) in [6.45, 7) is 0.515. The number of fused-ring (bicyclic) bond motifs is 1. The van der Waals surface area contributed by atoms with Crippen molar-refractivity contribution in [2.24, 2.45) is 5.73 Å². The molecule has 1 aliphatic carbocycles. The molecule has 0 atom stereocenters. The second kappa shape index (κ2) is 7.53. The fourth-order valence-corrected chi connectivity index (χ4v) is 4.12. The van der Waals surface area contributed by atoms with Crippen LogP contribution in [0.2, 0.25) is 0 Å². The molecule has 5 nitrogen and oxygen atoms in total. The van der Waals surface area contributed by atoms with Gasteiger partial charge in [-0.05, 0) is 37.1 Å². The van der Waals surface area contributed by atoms with Crippen LogP contribution in [0.5, 0.6) is 0 Å². The highest BCUT2D eigenvalue weighted by Gasteiger charge is 2.33. The molecule has 1 aromatic heterocycles. The third-order valence-electron chi connectivity index (χ3n) is 5.58.